The summed E-state index contributed by atoms with van der Waals surface area (Å²) in [7, 11) is 0. The third-order valence-electron chi connectivity index (χ3n) is 1.47. The molecule has 1 atom stereocenters. The van der Waals surface area contributed by atoms with E-state index in [1.54, 1.807) is 0 Å². The quantitative estimate of drug-likeness (QED) is 0.565. The van der Waals surface area contributed by atoms with Crippen molar-refractivity contribution in [2.24, 2.45) is 0 Å². The number of hydrogen-bond acceptors (Lipinski definition) is 3. The Hall–Kier alpha value is -0.750. The molecule has 0 saturated carbocycles. The van der Waals surface area contributed by atoms with Crippen LogP contribution in [-0.4, -0.2) is 42.7 Å². The summed E-state index contributed by atoms with van der Waals surface area (Å²) in [6.07, 6.45) is -4.62. The van der Waals surface area contributed by atoms with Crippen LogP contribution >= 0.6 is 0 Å². The summed E-state index contributed by atoms with van der Waals surface area (Å²) in [6, 6.07) is 0.153. The van der Waals surface area contributed by atoms with Crippen LogP contribution in [0.1, 0.15) is 13.8 Å². The van der Waals surface area contributed by atoms with Gasteiger partial charge >= 0.3 is 0 Å². The number of halogens is 2. The average molecular weight is 210 g/mol. The van der Waals surface area contributed by atoms with E-state index in [1.165, 1.54) is 0 Å². The molecule has 0 aromatic rings. The highest BCUT2D eigenvalue weighted by Gasteiger charge is 2.17. The Morgan fingerprint density at radius 2 is 2.00 bits per heavy atom. The first kappa shape index (κ1) is 13.2. The molecule has 0 aromatic heterocycles. The lowest BCUT2D eigenvalue weighted by Crippen LogP contribution is -2.41. The highest BCUT2D eigenvalue weighted by Crippen LogP contribution is 1.97. The molecule has 0 radical (unpaired) electrons. The van der Waals surface area contributed by atoms with Gasteiger partial charge in [0.15, 0.2) is 0 Å². The monoisotopic (exact) mass is 210 g/mol. The lowest BCUT2D eigenvalue weighted by molar-refractivity contribution is -0.121. The van der Waals surface area contributed by atoms with E-state index in [2.05, 4.69) is 10.6 Å². The van der Waals surface area contributed by atoms with Gasteiger partial charge in [0.1, 0.15) is 6.10 Å². The molecule has 6 heteroatoms. The number of amides is 1. The predicted octanol–water partition coefficient (Wildman–Crippen LogP) is -0.273. The molecule has 0 fully saturated rings. The lowest BCUT2D eigenvalue weighted by Gasteiger charge is -2.12. The number of rotatable bonds is 6. The molecule has 0 aliphatic heterocycles. The van der Waals surface area contributed by atoms with Crippen LogP contribution in [0.5, 0.6) is 0 Å². The maximum Gasteiger partial charge on any atom is 0.265 e. The molecule has 1 amide bonds. The van der Waals surface area contributed by atoms with Crippen molar-refractivity contribution >= 4 is 5.91 Å². The molecular weight excluding hydrogens is 194 g/mol. The van der Waals surface area contributed by atoms with Gasteiger partial charge in [-0.2, -0.15) is 0 Å². The second-order valence-electron chi connectivity index (χ2n) is 3.24. The van der Waals surface area contributed by atoms with Crippen LogP contribution < -0.4 is 10.6 Å². The standard InChI is InChI=1S/C8H16F2N2O2/c1-5(2)11-4-7(14)12-3-6(13)8(9)10/h5-6,8,11,13H,3-4H2,1-2H3,(H,12,14). The number of carbonyl (C=O) groups excluding carboxylic acids is 1. The van der Waals surface area contributed by atoms with Gasteiger partial charge in [-0.25, -0.2) is 8.78 Å². The number of hydrogen-bond donors (Lipinski definition) is 3. The molecule has 0 aliphatic carbocycles. The highest BCUT2D eigenvalue weighted by atomic mass is 19.3. The Morgan fingerprint density at radius 1 is 1.43 bits per heavy atom. The van der Waals surface area contributed by atoms with Crippen molar-refractivity contribution in [3.8, 4) is 0 Å². The van der Waals surface area contributed by atoms with Gasteiger partial charge in [0.2, 0.25) is 5.91 Å². The fourth-order valence-corrected chi connectivity index (χ4v) is 0.667. The molecule has 0 aromatic carbocycles. The maximum absolute atomic E-state index is 11.8. The second kappa shape index (κ2) is 6.67. The van der Waals surface area contributed by atoms with Gasteiger partial charge in [0, 0.05) is 12.6 Å². The fraction of sp³-hybridized carbons (Fsp3) is 0.875. The highest BCUT2D eigenvalue weighted by molar-refractivity contribution is 5.78. The van der Waals surface area contributed by atoms with E-state index in [-0.39, 0.29) is 12.6 Å². The molecule has 14 heavy (non-hydrogen) atoms. The van der Waals surface area contributed by atoms with Crippen LogP contribution in [-0.2, 0) is 4.79 Å². The SMILES string of the molecule is CC(C)NCC(=O)NCC(O)C(F)F. The number of alkyl halides is 2. The molecule has 4 nitrogen and oxygen atoms in total. The van der Waals surface area contributed by atoms with Crippen LogP contribution in [0.25, 0.3) is 0 Å². The molecule has 0 spiro atoms. The van der Waals surface area contributed by atoms with Gasteiger partial charge in [-0.15, -0.1) is 0 Å². The van der Waals surface area contributed by atoms with Gasteiger partial charge in [-0.05, 0) is 0 Å². The third-order valence-corrected chi connectivity index (χ3v) is 1.47. The fourth-order valence-electron chi connectivity index (χ4n) is 0.667. The molecule has 0 saturated heterocycles. The summed E-state index contributed by atoms with van der Waals surface area (Å²) in [4.78, 5) is 10.9. The zero-order valence-electron chi connectivity index (χ0n) is 8.26. The predicted molar refractivity (Wildman–Crippen MR) is 48.2 cm³/mol. The van der Waals surface area contributed by atoms with Crippen molar-refractivity contribution in [1.29, 1.82) is 0 Å². The second-order valence-corrected chi connectivity index (χ2v) is 3.24. The third kappa shape index (κ3) is 6.73. The zero-order valence-corrected chi connectivity index (χ0v) is 8.26. The van der Waals surface area contributed by atoms with Crippen molar-refractivity contribution in [3.63, 3.8) is 0 Å². The van der Waals surface area contributed by atoms with Crippen LogP contribution in [0.4, 0.5) is 8.78 Å². The lowest BCUT2D eigenvalue weighted by atomic mass is 10.3. The summed E-state index contributed by atoms with van der Waals surface area (Å²) in [5, 5.41) is 13.7. The minimum atomic E-state index is -2.83. The van der Waals surface area contributed by atoms with Crippen LogP contribution in [0, 0.1) is 0 Å². The first-order valence-electron chi connectivity index (χ1n) is 4.39. The van der Waals surface area contributed by atoms with Crippen LogP contribution in [0.3, 0.4) is 0 Å². The van der Waals surface area contributed by atoms with Crippen molar-refractivity contribution < 1.29 is 18.7 Å². The average Bonchev–Trinajstić information content (AvgIpc) is 2.10. The van der Waals surface area contributed by atoms with Crippen molar-refractivity contribution in [2.45, 2.75) is 32.4 Å². The smallest absolute Gasteiger partial charge is 0.265 e. The molecular formula is C8H16F2N2O2. The number of nitrogens with one attached hydrogen (secondary N) is 2. The van der Waals surface area contributed by atoms with E-state index >= 15 is 0 Å². The number of aliphatic hydroxyl groups excluding tert-OH is 1. The first-order valence-corrected chi connectivity index (χ1v) is 4.39. The van der Waals surface area contributed by atoms with Crippen molar-refractivity contribution in [1.82, 2.24) is 10.6 Å². The van der Waals surface area contributed by atoms with Crippen molar-refractivity contribution in [3.05, 3.63) is 0 Å². The van der Waals surface area contributed by atoms with Gasteiger partial charge in [-0.1, -0.05) is 13.8 Å². The summed E-state index contributed by atoms with van der Waals surface area (Å²) in [5.74, 6) is -0.404. The summed E-state index contributed by atoms with van der Waals surface area (Å²) in [5.41, 5.74) is 0. The summed E-state index contributed by atoms with van der Waals surface area (Å²) in [6.45, 7) is 3.37. The molecule has 0 heterocycles. The van der Waals surface area contributed by atoms with Crippen LogP contribution in [0.2, 0.25) is 0 Å². The topological polar surface area (TPSA) is 61.4 Å². The number of aliphatic hydroxyl groups is 1. The normalized spacial score (nSPS) is 13.4. The largest absolute Gasteiger partial charge is 0.385 e. The molecule has 1 unspecified atom stereocenters. The maximum atomic E-state index is 11.8. The molecule has 0 rings (SSSR count). The Kier molecular flexibility index (Phi) is 6.31. The first-order chi connectivity index (χ1) is 6.43. The minimum Gasteiger partial charge on any atom is -0.385 e. The number of carbonyl (C=O) groups is 1. The summed E-state index contributed by atoms with van der Waals surface area (Å²) >= 11 is 0. The van der Waals surface area contributed by atoms with Crippen LogP contribution in [0.15, 0.2) is 0 Å². The minimum absolute atomic E-state index is 0.0631. The van der Waals surface area contributed by atoms with Gasteiger partial charge in [0.25, 0.3) is 6.43 Å². The van der Waals surface area contributed by atoms with Gasteiger partial charge < -0.3 is 15.7 Å². The van der Waals surface area contributed by atoms with E-state index in [0.717, 1.165) is 0 Å². The Morgan fingerprint density at radius 3 is 2.43 bits per heavy atom. The Bertz CT molecular complexity index is 177. The zero-order chi connectivity index (χ0) is 11.1. The van der Waals surface area contributed by atoms with Crippen molar-refractivity contribution in [2.75, 3.05) is 13.1 Å². The summed E-state index contributed by atoms with van der Waals surface area (Å²) < 4.78 is 23.6. The molecule has 0 bridgehead atoms. The van der Waals surface area contributed by atoms with E-state index in [9.17, 15) is 13.6 Å². The molecule has 3 N–H and O–H groups in total. The van der Waals surface area contributed by atoms with Gasteiger partial charge in [0.05, 0.1) is 6.54 Å². The molecule has 0 aliphatic rings. The van der Waals surface area contributed by atoms with E-state index in [0.29, 0.717) is 0 Å². The van der Waals surface area contributed by atoms with E-state index in [4.69, 9.17) is 5.11 Å². The van der Waals surface area contributed by atoms with E-state index in [1.807, 2.05) is 13.8 Å². The Balaban J connectivity index is 3.54. The van der Waals surface area contributed by atoms with E-state index < -0.39 is 25.0 Å². The van der Waals surface area contributed by atoms with Gasteiger partial charge in [-0.3, -0.25) is 4.79 Å². The molecule has 84 valence electrons. The Labute approximate surface area is 81.7 Å².